The van der Waals surface area contributed by atoms with Gasteiger partial charge in [0, 0.05) is 5.69 Å². The van der Waals surface area contributed by atoms with Crippen LogP contribution in [0.15, 0.2) is 36.4 Å². The number of carbonyl (C=O) groups excluding carboxylic acids is 2. The number of thiophene rings is 1. The average Bonchev–Trinajstić information content (AvgIpc) is 2.99. The topological polar surface area (TPSA) is 79.2 Å². The maximum atomic E-state index is 12.0. The first kappa shape index (κ1) is 14.8. The number of nitrogens with one attached hydrogen (secondary N) is 1. The van der Waals surface area contributed by atoms with Crippen LogP contribution in [-0.2, 0) is 11.2 Å². The van der Waals surface area contributed by atoms with E-state index in [9.17, 15) is 9.59 Å². The molecule has 21 heavy (non-hydrogen) atoms. The maximum Gasteiger partial charge on any atom is 0.348 e. The van der Waals surface area contributed by atoms with E-state index in [1.807, 2.05) is 0 Å². The first-order valence-corrected chi connectivity index (χ1v) is 6.91. The highest BCUT2D eigenvalue weighted by atomic mass is 32.1. The fourth-order valence-electron chi connectivity index (χ4n) is 1.66. The van der Waals surface area contributed by atoms with Crippen molar-refractivity contribution in [1.82, 2.24) is 0 Å². The second kappa shape index (κ2) is 6.68. The minimum Gasteiger partial charge on any atom is -0.465 e. The van der Waals surface area contributed by atoms with E-state index in [4.69, 9.17) is 5.26 Å². The number of rotatable bonds is 4. The Hall–Kier alpha value is -2.65. The highest BCUT2D eigenvalue weighted by Crippen LogP contribution is 2.19. The third kappa shape index (κ3) is 3.68. The van der Waals surface area contributed by atoms with E-state index in [1.165, 1.54) is 7.11 Å². The van der Waals surface area contributed by atoms with Gasteiger partial charge in [-0.25, -0.2) is 4.79 Å². The quantitative estimate of drug-likeness (QED) is 0.881. The highest BCUT2D eigenvalue weighted by Gasteiger charge is 2.14. The average molecular weight is 300 g/mol. The van der Waals surface area contributed by atoms with Gasteiger partial charge in [0.05, 0.1) is 24.5 Å². The summed E-state index contributed by atoms with van der Waals surface area (Å²) < 4.78 is 4.60. The Labute approximate surface area is 125 Å². The molecule has 0 unspecified atom stereocenters. The number of esters is 1. The van der Waals surface area contributed by atoms with Crippen molar-refractivity contribution in [3.05, 3.63) is 51.7 Å². The van der Waals surface area contributed by atoms with Gasteiger partial charge in [0.15, 0.2) is 0 Å². The molecule has 0 aliphatic heterocycles. The number of benzene rings is 1. The van der Waals surface area contributed by atoms with E-state index in [-0.39, 0.29) is 5.91 Å². The molecule has 0 aliphatic carbocycles. The molecule has 2 aromatic rings. The maximum absolute atomic E-state index is 12.0. The van der Waals surface area contributed by atoms with Crippen LogP contribution >= 0.6 is 11.3 Å². The number of hydrogen-bond acceptors (Lipinski definition) is 5. The Morgan fingerprint density at radius 2 is 1.86 bits per heavy atom. The van der Waals surface area contributed by atoms with E-state index in [1.54, 1.807) is 36.4 Å². The lowest BCUT2D eigenvalue weighted by Crippen LogP contribution is -2.10. The van der Waals surface area contributed by atoms with Gasteiger partial charge < -0.3 is 10.1 Å². The smallest absolute Gasteiger partial charge is 0.348 e. The molecule has 1 aromatic heterocycles. The van der Waals surface area contributed by atoms with Gasteiger partial charge >= 0.3 is 5.97 Å². The first-order chi connectivity index (χ1) is 10.1. The van der Waals surface area contributed by atoms with Crippen molar-refractivity contribution >= 4 is 28.9 Å². The summed E-state index contributed by atoms with van der Waals surface area (Å²) >= 11 is 1.07. The molecule has 0 saturated heterocycles. The van der Waals surface area contributed by atoms with E-state index >= 15 is 0 Å². The van der Waals surface area contributed by atoms with Gasteiger partial charge in [0.1, 0.15) is 4.88 Å². The van der Waals surface area contributed by atoms with Gasteiger partial charge in [0.25, 0.3) is 5.91 Å². The van der Waals surface area contributed by atoms with Crippen molar-refractivity contribution in [3.63, 3.8) is 0 Å². The fourth-order valence-corrected chi connectivity index (χ4v) is 2.48. The molecule has 6 heteroatoms. The van der Waals surface area contributed by atoms with Crippen molar-refractivity contribution in [2.24, 2.45) is 0 Å². The molecule has 0 atom stereocenters. The molecule has 2 rings (SSSR count). The minimum absolute atomic E-state index is 0.289. The molecule has 5 nitrogen and oxygen atoms in total. The lowest BCUT2D eigenvalue weighted by molar-refractivity contribution is 0.0606. The summed E-state index contributed by atoms with van der Waals surface area (Å²) in [5.74, 6) is -0.747. The molecule has 0 spiro atoms. The number of ether oxygens (including phenoxy) is 1. The molecule has 0 bridgehead atoms. The van der Waals surface area contributed by atoms with Gasteiger partial charge in [-0.15, -0.1) is 11.3 Å². The second-order valence-corrected chi connectivity index (χ2v) is 5.23. The van der Waals surface area contributed by atoms with Gasteiger partial charge in [-0.1, -0.05) is 12.1 Å². The molecule has 106 valence electrons. The summed E-state index contributed by atoms with van der Waals surface area (Å²) in [6.45, 7) is 0. The van der Waals surface area contributed by atoms with Gasteiger partial charge in [0.2, 0.25) is 0 Å². The third-order valence-corrected chi connectivity index (χ3v) is 3.78. The predicted molar refractivity (Wildman–Crippen MR) is 79.4 cm³/mol. The van der Waals surface area contributed by atoms with Crippen molar-refractivity contribution in [2.45, 2.75) is 6.42 Å². The Morgan fingerprint density at radius 3 is 2.48 bits per heavy atom. The van der Waals surface area contributed by atoms with E-state index in [2.05, 4.69) is 16.1 Å². The Balaban J connectivity index is 2.05. The Morgan fingerprint density at radius 1 is 1.19 bits per heavy atom. The second-order valence-electron chi connectivity index (χ2n) is 4.14. The molecule has 1 amide bonds. The van der Waals surface area contributed by atoms with Crippen LogP contribution in [0.4, 0.5) is 5.69 Å². The molecular formula is C15H12N2O3S. The Kier molecular flexibility index (Phi) is 4.69. The largest absolute Gasteiger partial charge is 0.465 e. The third-order valence-electron chi connectivity index (χ3n) is 2.71. The van der Waals surface area contributed by atoms with Crippen LogP contribution in [-0.4, -0.2) is 19.0 Å². The normalized spacial score (nSPS) is 9.71. The standard InChI is InChI=1S/C15H12N2O3S/c1-20-15(19)13-7-6-12(21-13)14(18)17-11-4-2-10(3-5-11)8-9-16/h2-7H,8H2,1H3,(H,17,18). The lowest BCUT2D eigenvalue weighted by Gasteiger charge is -2.04. The first-order valence-electron chi connectivity index (χ1n) is 6.09. The SMILES string of the molecule is COC(=O)c1ccc(C(=O)Nc2ccc(CC#N)cc2)s1. The van der Waals surface area contributed by atoms with Crippen LogP contribution in [0.1, 0.15) is 24.9 Å². The summed E-state index contributed by atoms with van der Waals surface area (Å²) in [6.07, 6.45) is 0.335. The molecule has 0 radical (unpaired) electrons. The van der Waals surface area contributed by atoms with Crippen molar-refractivity contribution < 1.29 is 14.3 Å². The van der Waals surface area contributed by atoms with Crippen molar-refractivity contribution in [1.29, 1.82) is 5.26 Å². The van der Waals surface area contributed by atoms with Crippen LogP contribution in [0.5, 0.6) is 0 Å². The zero-order chi connectivity index (χ0) is 15.2. The number of anilines is 1. The van der Waals surface area contributed by atoms with Crippen LogP contribution in [0.3, 0.4) is 0 Å². The minimum atomic E-state index is -0.458. The van der Waals surface area contributed by atoms with Gasteiger partial charge in [-0.3, -0.25) is 4.79 Å². The Bertz CT molecular complexity index is 698. The molecular weight excluding hydrogens is 288 g/mol. The van der Waals surface area contributed by atoms with Crippen LogP contribution in [0.25, 0.3) is 0 Å². The van der Waals surface area contributed by atoms with Gasteiger partial charge in [-0.05, 0) is 29.8 Å². The molecule has 0 aliphatic rings. The summed E-state index contributed by atoms with van der Waals surface area (Å²) in [5.41, 5.74) is 1.52. The summed E-state index contributed by atoms with van der Waals surface area (Å²) in [5, 5.41) is 11.3. The molecule has 0 fully saturated rings. The van der Waals surface area contributed by atoms with E-state index in [0.29, 0.717) is 21.9 Å². The lowest BCUT2D eigenvalue weighted by atomic mass is 10.1. The number of nitrogens with zero attached hydrogens (tertiary/aromatic N) is 1. The number of amides is 1. The monoisotopic (exact) mass is 300 g/mol. The zero-order valence-corrected chi connectivity index (χ0v) is 12.1. The van der Waals surface area contributed by atoms with E-state index < -0.39 is 5.97 Å². The van der Waals surface area contributed by atoms with Crippen LogP contribution < -0.4 is 5.32 Å². The number of nitriles is 1. The predicted octanol–water partition coefficient (Wildman–Crippen LogP) is 2.85. The molecule has 1 heterocycles. The van der Waals surface area contributed by atoms with Gasteiger partial charge in [-0.2, -0.15) is 5.26 Å². The summed E-state index contributed by atoms with van der Waals surface area (Å²) in [4.78, 5) is 24.2. The summed E-state index contributed by atoms with van der Waals surface area (Å²) in [7, 11) is 1.30. The van der Waals surface area contributed by atoms with Crippen LogP contribution in [0.2, 0.25) is 0 Å². The summed E-state index contributed by atoms with van der Waals surface area (Å²) in [6, 6.07) is 12.2. The van der Waals surface area contributed by atoms with Crippen LogP contribution in [0, 0.1) is 11.3 Å². The molecule has 0 saturated carbocycles. The fraction of sp³-hybridized carbons (Fsp3) is 0.133. The number of hydrogen-bond donors (Lipinski definition) is 1. The molecule has 1 aromatic carbocycles. The number of carbonyl (C=O) groups is 2. The molecule has 1 N–H and O–H groups in total. The zero-order valence-electron chi connectivity index (χ0n) is 11.3. The van der Waals surface area contributed by atoms with Crippen molar-refractivity contribution in [3.8, 4) is 6.07 Å². The highest BCUT2D eigenvalue weighted by molar-refractivity contribution is 7.16. The van der Waals surface area contributed by atoms with E-state index in [0.717, 1.165) is 16.9 Å². The van der Waals surface area contributed by atoms with Crippen molar-refractivity contribution in [2.75, 3.05) is 12.4 Å². The number of methoxy groups -OCH3 is 1.